The van der Waals surface area contributed by atoms with Gasteiger partial charge in [-0.15, -0.1) is 0 Å². The number of hydrogen-bond donors (Lipinski definition) is 1. The summed E-state index contributed by atoms with van der Waals surface area (Å²) in [4.78, 5) is 12.1. The Labute approximate surface area is 116 Å². The van der Waals surface area contributed by atoms with Crippen LogP contribution < -0.4 is 5.32 Å². The lowest BCUT2D eigenvalue weighted by molar-refractivity contribution is 0.0913. The second-order valence-corrected chi connectivity index (χ2v) is 4.81. The average Bonchev–Trinajstić information content (AvgIpc) is 3.06. The molecule has 0 saturated heterocycles. The fraction of sp³-hybridized carbons (Fsp3) is 0.188. The van der Waals surface area contributed by atoms with Gasteiger partial charge in [0.25, 0.3) is 5.91 Å². The molecule has 4 heteroatoms. The SMILES string of the molecule is CC(Cc1ccco1)NC(=O)c1cc2ccccc2o1. The van der Waals surface area contributed by atoms with Crippen molar-refractivity contribution in [3.63, 3.8) is 0 Å². The van der Waals surface area contributed by atoms with E-state index in [1.807, 2.05) is 43.3 Å². The van der Waals surface area contributed by atoms with Gasteiger partial charge in [-0.3, -0.25) is 4.79 Å². The lowest BCUT2D eigenvalue weighted by Crippen LogP contribution is -2.33. The molecule has 0 radical (unpaired) electrons. The zero-order chi connectivity index (χ0) is 13.9. The van der Waals surface area contributed by atoms with E-state index >= 15 is 0 Å². The van der Waals surface area contributed by atoms with E-state index in [9.17, 15) is 4.79 Å². The molecular formula is C16H15NO3. The number of carbonyl (C=O) groups excluding carboxylic acids is 1. The standard InChI is InChI=1S/C16H15NO3/c1-11(9-13-6-4-8-19-13)17-16(18)15-10-12-5-2-3-7-14(12)20-15/h2-8,10-11H,9H2,1H3,(H,17,18). The van der Waals surface area contributed by atoms with Crippen LogP contribution in [-0.4, -0.2) is 11.9 Å². The lowest BCUT2D eigenvalue weighted by atomic mass is 10.2. The first kappa shape index (κ1) is 12.5. The number of fused-ring (bicyclic) bond motifs is 1. The molecule has 3 rings (SSSR count). The Bertz CT molecular complexity index is 679. The van der Waals surface area contributed by atoms with Crippen molar-refractivity contribution in [2.75, 3.05) is 0 Å². The monoisotopic (exact) mass is 269 g/mol. The summed E-state index contributed by atoms with van der Waals surface area (Å²) >= 11 is 0. The Morgan fingerprint density at radius 2 is 2.10 bits per heavy atom. The van der Waals surface area contributed by atoms with Gasteiger partial charge in [-0.05, 0) is 31.2 Å². The highest BCUT2D eigenvalue weighted by atomic mass is 16.3. The molecular weight excluding hydrogens is 254 g/mol. The van der Waals surface area contributed by atoms with Crippen LogP contribution >= 0.6 is 0 Å². The van der Waals surface area contributed by atoms with Crippen molar-refractivity contribution < 1.29 is 13.6 Å². The summed E-state index contributed by atoms with van der Waals surface area (Å²) in [7, 11) is 0. The molecule has 1 aromatic carbocycles. The number of benzene rings is 1. The average molecular weight is 269 g/mol. The molecule has 1 unspecified atom stereocenters. The maximum absolute atomic E-state index is 12.1. The van der Waals surface area contributed by atoms with E-state index in [0.29, 0.717) is 12.2 Å². The molecule has 1 amide bonds. The van der Waals surface area contributed by atoms with Gasteiger partial charge >= 0.3 is 0 Å². The third-order valence-electron chi connectivity index (χ3n) is 3.11. The Hall–Kier alpha value is -2.49. The van der Waals surface area contributed by atoms with E-state index in [4.69, 9.17) is 8.83 Å². The van der Waals surface area contributed by atoms with Crippen LogP contribution in [0.25, 0.3) is 11.0 Å². The van der Waals surface area contributed by atoms with Crippen LogP contribution in [0.4, 0.5) is 0 Å². The Morgan fingerprint density at radius 1 is 1.25 bits per heavy atom. The highest BCUT2D eigenvalue weighted by Crippen LogP contribution is 2.18. The Balaban J connectivity index is 1.69. The van der Waals surface area contributed by atoms with Crippen LogP contribution in [-0.2, 0) is 6.42 Å². The molecule has 2 heterocycles. The number of para-hydroxylation sites is 1. The van der Waals surface area contributed by atoms with E-state index in [0.717, 1.165) is 16.7 Å². The number of amides is 1. The Morgan fingerprint density at radius 3 is 2.85 bits per heavy atom. The number of nitrogens with one attached hydrogen (secondary N) is 1. The molecule has 0 aliphatic rings. The smallest absolute Gasteiger partial charge is 0.287 e. The van der Waals surface area contributed by atoms with Crippen molar-refractivity contribution in [1.82, 2.24) is 5.32 Å². The van der Waals surface area contributed by atoms with Gasteiger partial charge in [0, 0.05) is 17.8 Å². The molecule has 1 atom stereocenters. The summed E-state index contributed by atoms with van der Waals surface area (Å²) < 4.78 is 10.8. The van der Waals surface area contributed by atoms with Gasteiger partial charge in [0.2, 0.25) is 0 Å². The van der Waals surface area contributed by atoms with E-state index in [-0.39, 0.29) is 11.9 Å². The fourth-order valence-corrected chi connectivity index (χ4v) is 2.17. The van der Waals surface area contributed by atoms with Gasteiger partial charge in [-0.1, -0.05) is 18.2 Å². The zero-order valence-electron chi connectivity index (χ0n) is 11.1. The minimum absolute atomic E-state index is 0.0261. The topological polar surface area (TPSA) is 55.4 Å². The van der Waals surface area contributed by atoms with Crippen LogP contribution in [0, 0.1) is 0 Å². The first-order valence-corrected chi connectivity index (χ1v) is 6.54. The number of furan rings is 2. The van der Waals surface area contributed by atoms with Crippen LogP contribution in [0.1, 0.15) is 23.2 Å². The first-order valence-electron chi connectivity index (χ1n) is 6.54. The molecule has 3 aromatic rings. The largest absolute Gasteiger partial charge is 0.469 e. The van der Waals surface area contributed by atoms with Crippen molar-refractivity contribution in [1.29, 1.82) is 0 Å². The number of hydrogen-bond acceptors (Lipinski definition) is 3. The number of carbonyl (C=O) groups is 1. The highest BCUT2D eigenvalue weighted by molar-refractivity contribution is 5.96. The molecule has 0 saturated carbocycles. The van der Waals surface area contributed by atoms with Crippen LogP contribution in [0.3, 0.4) is 0 Å². The quantitative estimate of drug-likeness (QED) is 0.789. The number of rotatable bonds is 4. The van der Waals surface area contributed by atoms with Crippen LogP contribution in [0.2, 0.25) is 0 Å². The first-order chi connectivity index (χ1) is 9.72. The van der Waals surface area contributed by atoms with Crippen LogP contribution in [0.5, 0.6) is 0 Å². The maximum Gasteiger partial charge on any atom is 0.287 e. The molecule has 102 valence electrons. The summed E-state index contributed by atoms with van der Waals surface area (Å²) in [5.74, 6) is 0.972. The van der Waals surface area contributed by atoms with Gasteiger partial charge in [0.15, 0.2) is 5.76 Å². The zero-order valence-corrected chi connectivity index (χ0v) is 11.1. The highest BCUT2D eigenvalue weighted by Gasteiger charge is 2.15. The minimum Gasteiger partial charge on any atom is -0.469 e. The summed E-state index contributed by atoms with van der Waals surface area (Å²) in [5.41, 5.74) is 0.719. The van der Waals surface area contributed by atoms with Crippen molar-refractivity contribution in [2.24, 2.45) is 0 Å². The van der Waals surface area contributed by atoms with E-state index in [2.05, 4.69) is 5.32 Å². The lowest BCUT2D eigenvalue weighted by Gasteiger charge is -2.10. The summed E-state index contributed by atoms with van der Waals surface area (Å²) in [6.45, 7) is 1.93. The van der Waals surface area contributed by atoms with E-state index in [1.54, 1.807) is 12.3 Å². The molecule has 4 nitrogen and oxygen atoms in total. The molecule has 0 aliphatic carbocycles. The van der Waals surface area contributed by atoms with Gasteiger partial charge in [0.1, 0.15) is 11.3 Å². The van der Waals surface area contributed by atoms with Gasteiger partial charge < -0.3 is 14.2 Å². The van der Waals surface area contributed by atoms with Crippen molar-refractivity contribution in [3.05, 3.63) is 60.2 Å². The minimum atomic E-state index is -0.208. The predicted molar refractivity (Wildman–Crippen MR) is 75.6 cm³/mol. The summed E-state index contributed by atoms with van der Waals surface area (Å²) in [6, 6.07) is 13.0. The molecule has 0 spiro atoms. The van der Waals surface area contributed by atoms with E-state index < -0.39 is 0 Å². The normalized spacial score (nSPS) is 12.4. The summed E-state index contributed by atoms with van der Waals surface area (Å²) in [6.07, 6.45) is 2.28. The van der Waals surface area contributed by atoms with Crippen LogP contribution in [0.15, 0.2) is 57.6 Å². The third-order valence-corrected chi connectivity index (χ3v) is 3.11. The molecule has 0 aliphatic heterocycles. The van der Waals surface area contributed by atoms with Gasteiger partial charge in [-0.25, -0.2) is 0 Å². The van der Waals surface area contributed by atoms with Crippen molar-refractivity contribution in [2.45, 2.75) is 19.4 Å². The molecule has 2 aromatic heterocycles. The summed E-state index contributed by atoms with van der Waals surface area (Å²) in [5, 5.41) is 3.83. The van der Waals surface area contributed by atoms with E-state index in [1.165, 1.54) is 0 Å². The Kier molecular flexibility index (Phi) is 3.29. The molecule has 0 bridgehead atoms. The second-order valence-electron chi connectivity index (χ2n) is 4.81. The predicted octanol–water partition coefficient (Wildman–Crippen LogP) is 3.39. The van der Waals surface area contributed by atoms with Gasteiger partial charge in [0.05, 0.1) is 6.26 Å². The third kappa shape index (κ3) is 2.59. The van der Waals surface area contributed by atoms with Gasteiger partial charge in [-0.2, -0.15) is 0 Å². The fourth-order valence-electron chi connectivity index (χ4n) is 2.17. The molecule has 20 heavy (non-hydrogen) atoms. The molecule has 1 N–H and O–H groups in total. The maximum atomic E-state index is 12.1. The van der Waals surface area contributed by atoms with Crippen molar-refractivity contribution >= 4 is 16.9 Å². The molecule has 0 fully saturated rings. The van der Waals surface area contributed by atoms with Crippen molar-refractivity contribution in [3.8, 4) is 0 Å². The second kappa shape index (κ2) is 5.25.